The van der Waals surface area contributed by atoms with Gasteiger partial charge in [-0.15, -0.1) is 10.2 Å². The Morgan fingerprint density at radius 3 is 2.62 bits per heavy atom. The standard InChI is InChI=1S/C14H21F3N4/c1-2-11-13-20-19-12(21(13)8-7-18-11)9-5-3-4-6-10(9)14(15,16)17/h9-11,18H,2-8H2,1H3. The Balaban J connectivity index is 1.94. The lowest BCUT2D eigenvalue weighted by atomic mass is 9.78. The van der Waals surface area contributed by atoms with Crippen molar-refractivity contribution in [2.24, 2.45) is 5.92 Å². The zero-order chi connectivity index (χ0) is 15.0. The third-order valence-corrected chi connectivity index (χ3v) is 4.77. The van der Waals surface area contributed by atoms with Crippen LogP contribution >= 0.6 is 0 Å². The predicted molar refractivity (Wildman–Crippen MR) is 71.8 cm³/mol. The van der Waals surface area contributed by atoms with Gasteiger partial charge in [-0.05, 0) is 19.3 Å². The quantitative estimate of drug-likeness (QED) is 0.912. The van der Waals surface area contributed by atoms with Crippen molar-refractivity contribution in [3.8, 4) is 0 Å². The Morgan fingerprint density at radius 1 is 1.19 bits per heavy atom. The second-order valence-corrected chi connectivity index (χ2v) is 6.02. The summed E-state index contributed by atoms with van der Waals surface area (Å²) in [6, 6.07) is 0.105. The number of hydrogen-bond acceptors (Lipinski definition) is 3. The molecule has 21 heavy (non-hydrogen) atoms. The highest BCUT2D eigenvalue weighted by Crippen LogP contribution is 2.46. The maximum atomic E-state index is 13.3. The van der Waals surface area contributed by atoms with E-state index in [0.29, 0.717) is 25.2 Å². The molecule has 3 atom stereocenters. The Kier molecular flexibility index (Phi) is 3.94. The summed E-state index contributed by atoms with van der Waals surface area (Å²) in [5, 5.41) is 11.7. The Hall–Kier alpha value is -1.11. The van der Waals surface area contributed by atoms with Gasteiger partial charge in [0.25, 0.3) is 0 Å². The molecule has 2 heterocycles. The lowest BCUT2D eigenvalue weighted by Crippen LogP contribution is -2.37. The fraction of sp³-hybridized carbons (Fsp3) is 0.857. The van der Waals surface area contributed by atoms with Crippen molar-refractivity contribution >= 4 is 0 Å². The zero-order valence-electron chi connectivity index (χ0n) is 12.2. The van der Waals surface area contributed by atoms with Crippen LogP contribution in [0.4, 0.5) is 13.2 Å². The number of halogens is 3. The van der Waals surface area contributed by atoms with Gasteiger partial charge in [-0.2, -0.15) is 13.2 Å². The molecular weight excluding hydrogens is 281 g/mol. The topological polar surface area (TPSA) is 42.7 Å². The summed E-state index contributed by atoms with van der Waals surface area (Å²) in [6.45, 7) is 3.47. The van der Waals surface area contributed by atoms with Gasteiger partial charge in [-0.25, -0.2) is 0 Å². The number of rotatable bonds is 2. The molecule has 1 N–H and O–H groups in total. The van der Waals surface area contributed by atoms with Gasteiger partial charge in [0, 0.05) is 19.0 Å². The van der Waals surface area contributed by atoms with Crippen LogP contribution in [0.5, 0.6) is 0 Å². The predicted octanol–water partition coefficient (Wildman–Crippen LogP) is 3.17. The minimum atomic E-state index is -4.14. The third-order valence-electron chi connectivity index (χ3n) is 4.77. The van der Waals surface area contributed by atoms with Gasteiger partial charge in [0.2, 0.25) is 0 Å². The first-order valence-corrected chi connectivity index (χ1v) is 7.75. The Morgan fingerprint density at radius 2 is 1.90 bits per heavy atom. The maximum Gasteiger partial charge on any atom is 0.392 e. The summed E-state index contributed by atoms with van der Waals surface area (Å²) in [5.74, 6) is -0.456. The van der Waals surface area contributed by atoms with Crippen LogP contribution in [0.2, 0.25) is 0 Å². The third kappa shape index (κ3) is 2.67. The highest BCUT2D eigenvalue weighted by Gasteiger charge is 2.47. The summed E-state index contributed by atoms with van der Waals surface area (Å²) in [6.07, 6.45) is -1.01. The van der Waals surface area contributed by atoms with Crippen LogP contribution in [-0.2, 0) is 6.54 Å². The number of nitrogens with zero attached hydrogens (tertiary/aromatic N) is 3. The first kappa shape index (κ1) is 14.8. The number of hydrogen-bond donors (Lipinski definition) is 1. The molecule has 3 unspecified atom stereocenters. The van der Waals surface area contributed by atoms with Gasteiger partial charge in [0.15, 0.2) is 0 Å². The van der Waals surface area contributed by atoms with E-state index in [4.69, 9.17) is 0 Å². The van der Waals surface area contributed by atoms with Crippen molar-refractivity contribution in [2.45, 2.75) is 63.7 Å². The summed E-state index contributed by atoms with van der Waals surface area (Å²) in [5.41, 5.74) is 0. The van der Waals surface area contributed by atoms with Gasteiger partial charge in [-0.3, -0.25) is 0 Å². The van der Waals surface area contributed by atoms with E-state index in [1.807, 2.05) is 11.5 Å². The summed E-state index contributed by atoms with van der Waals surface area (Å²) in [4.78, 5) is 0. The van der Waals surface area contributed by atoms with Crippen LogP contribution in [-0.4, -0.2) is 27.5 Å². The molecule has 1 aromatic rings. The van der Waals surface area contributed by atoms with Crippen LogP contribution in [0.25, 0.3) is 0 Å². The number of alkyl halides is 3. The number of nitrogens with one attached hydrogen (secondary N) is 1. The fourth-order valence-electron chi connectivity index (χ4n) is 3.69. The maximum absolute atomic E-state index is 13.3. The van der Waals surface area contributed by atoms with Crippen molar-refractivity contribution in [3.05, 3.63) is 11.6 Å². The van der Waals surface area contributed by atoms with E-state index in [2.05, 4.69) is 15.5 Å². The van der Waals surface area contributed by atoms with Gasteiger partial charge in [-0.1, -0.05) is 19.8 Å². The molecule has 1 fully saturated rings. The number of fused-ring (bicyclic) bond motifs is 1. The van der Waals surface area contributed by atoms with Crippen molar-refractivity contribution < 1.29 is 13.2 Å². The highest BCUT2D eigenvalue weighted by atomic mass is 19.4. The molecule has 0 bridgehead atoms. The van der Waals surface area contributed by atoms with Crippen LogP contribution < -0.4 is 5.32 Å². The Labute approximate surface area is 122 Å². The largest absolute Gasteiger partial charge is 0.392 e. The second kappa shape index (κ2) is 5.59. The van der Waals surface area contributed by atoms with E-state index >= 15 is 0 Å². The second-order valence-electron chi connectivity index (χ2n) is 6.02. The fourth-order valence-corrected chi connectivity index (χ4v) is 3.69. The van der Waals surface area contributed by atoms with Crippen molar-refractivity contribution in [1.29, 1.82) is 0 Å². The van der Waals surface area contributed by atoms with Gasteiger partial charge >= 0.3 is 6.18 Å². The monoisotopic (exact) mass is 302 g/mol. The van der Waals surface area contributed by atoms with Crippen molar-refractivity contribution in [3.63, 3.8) is 0 Å². The lowest BCUT2D eigenvalue weighted by Gasteiger charge is -2.33. The molecule has 1 aromatic heterocycles. The molecule has 7 heteroatoms. The molecule has 4 nitrogen and oxygen atoms in total. The molecule has 1 aliphatic heterocycles. The van der Waals surface area contributed by atoms with Crippen LogP contribution in [0.1, 0.15) is 62.6 Å². The minimum Gasteiger partial charge on any atom is -0.312 e. The average molecular weight is 302 g/mol. The van der Waals surface area contributed by atoms with Crippen molar-refractivity contribution in [2.75, 3.05) is 6.54 Å². The first-order chi connectivity index (χ1) is 10.0. The van der Waals surface area contributed by atoms with Crippen LogP contribution in [0, 0.1) is 5.92 Å². The summed E-state index contributed by atoms with van der Waals surface area (Å²) >= 11 is 0. The highest BCUT2D eigenvalue weighted by molar-refractivity contribution is 5.10. The van der Waals surface area contributed by atoms with Gasteiger partial charge in [0.05, 0.1) is 12.0 Å². The summed E-state index contributed by atoms with van der Waals surface area (Å²) < 4.78 is 41.8. The van der Waals surface area contributed by atoms with E-state index in [1.54, 1.807) is 0 Å². The van der Waals surface area contributed by atoms with E-state index in [9.17, 15) is 13.2 Å². The zero-order valence-corrected chi connectivity index (χ0v) is 12.2. The van der Waals surface area contributed by atoms with E-state index in [-0.39, 0.29) is 12.5 Å². The SMILES string of the molecule is CCC1NCCn2c1nnc2C1CCCCC1C(F)(F)F. The van der Waals surface area contributed by atoms with Crippen molar-refractivity contribution in [1.82, 2.24) is 20.1 Å². The first-order valence-electron chi connectivity index (χ1n) is 7.75. The van der Waals surface area contributed by atoms with Crippen LogP contribution in [0.3, 0.4) is 0 Å². The molecular formula is C14H21F3N4. The molecule has 0 saturated heterocycles. The van der Waals surface area contributed by atoms with Crippen LogP contribution in [0.15, 0.2) is 0 Å². The van der Waals surface area contributed by atoms with E-state index in [0.717, 1.165) is 25.2 Å². The normalized spacial score (nSPS) is 30.2. The molecule has 0 aromatic carbocycles. The smallest absolute Gasteiger partial charge is 0.312 e. The molecule has 2 aliphatic rings. The molecule has 1 aliphatic carbocycles. The lowest BCUT2D eigenvalue weighted by molar-refractivity contribution is -0.188. The molecule has 0 amide bonds. The number of aromatic nitrogens is 3. The van der Waals surface area contributed by atoms with Gasteiger partial charge < -0.3 is 9.88 Å². The van der Waals surface area contributed by atoms with E-state index < -0.39 is 18.0 Å². The van der Waals surface area contributed by atoms with E-state index in [1.165, 1.54) is 0 Å². The van der Waals surface area contributed by atoms with Gasteiger partial charge in [0.1, 0.15) is 11.6 Å². The molecule has 118 valence electrons. The average Bonchev–Trinajstić information content (AvgIpc) is 2.90. The molecule has 0 radical (unpaired) electrons. The Bertz CT molecular complexity index is 497. The molecule has 1 saturated carbocycles. The minimum absolute atomic E-state index is 0.105. The summed E-state index contributed by atoms with van der Waals surface area (Å²) in [7, 11) is 0. The molecule has 0 spiro atoms. The molecule has 3 rings (SSSR count).